The molecule has 1 aromatic carbocycles. The van der Waals surface area contributed by atoms with E-state index in [1.54, 1.807) is 0 Å². The number of rotatable bonds is 4. The van der Waals surface area contributed by atoms with Gasteiger partial charge in [-0.15, -0.1) is 0 Å². The van der Waals surface area contributed by atoms with Gasteiger partial charge in [-0.25, -0.2) is 0 Å². The monoisotopic (exact) mass is 180 g/mol. The second-order valence-corrected chi connectivity index (χ2v) is 2.73. The first-order valence-electron chi connectivity index (χ1n) is 4.31. The second-order valence-electron chi connectivity index (χ2n) is 2.73. The minimum atomic E-state index is -1.32. The van der Waals surface area contributed by atoms with Crippen molar-refractivity contribution < 1.29 is 14.8 Å². The first-order valence-corrected chi connectivity index (χ1v) is 4.31. The fourth-order valence-electron chi connectivity index (χ4n) is 1.17. The summed E-state index contributed by atoms with van der Waals surface area (Å²) in [6, 6.07) is 7.35. The third-order valence-corrected chi connectivity index (χ3v) is 1.67. The highest BCUT2D eigenvalue weighted by Gasteiger charge is 2.11. The maximum absolute atomic E-state index is 8.80. The normalized spacial score (nSPS) is 9.77. The lowest BCUT2D eigenvalue weighted by Gasteiger charge is -2.08. The van der Waals surface area contributed by atoms with Crippen LogP contribution in [0, 0.1) is 0 Å². The molecule has 1 aromatic rings. The van der Waals surface area contributed by atoms with Crippen molar-refractivity contribution in [1.82, 2.24) is 0 Å². The van der Waals surface area contributed by atoms with Gasteiger partial charge < -0.3 is 14.8 Å². The molecule has 0 aliphatic carbocycles. The highest BCUT2D eigenvalue weighted by Crippen LogP contribution is 2.18. The molecular formula is C9H13BO3. The SMILES string of the molecule is CCOc1ccccc1CB(O)O. The van der Waals surface area contributed by atoms with Crippen LogP contribution in [-0.2, 0) is 6.32 Å². The fraction of sp³-hybridized carbons (Fsp3) is 0.333. The van der Waals surface area contributed by atoms with E-state index in [1.165, 1.54) is 0 Å². The van der Waals surface area contributed by atoms with E-state index in [0.29, 0.717) is 6.61 Å². The topological polar surface area (TPSA) is 49.7 Å². The van der Waals surface area contributed by atoms with Gasteiger partial charge in [0.05, 0.1) is 6.61 Å². The Balaban J connectivity index is 2.78. The molecule has 0 aliphatic rings. The van der Waals surface area contributed by atoms with Crippen molar-refractivity contribution >= 4 is 7.12 Å². The smallest absolute Gasteiger partial charge is 0.456 e. The van der Waals surface area contributed by atoms with Crippen molar-refractivity contribution in [3.63, 3.8) is 0 Å². The summed E-state index contributed by atoms with van der Waals surface area (Å²) >= 11 is 0. The van der Waals surface area contributed by atoms with Crippen LogP contribution < -0.4 is 4.74 Å². The second kappa shape index (κ2) is 4.89. The third kappa shape index (κ3) is 3.09. The first kappa shape index (κ1) is 10.1. The lowest BCUT2D eigenvalue weighted by atomic mass is 9.82. The largest absolute Gasteiger partial charge is 0.494 e. The van der Waals surface area contributed by atoms with Crippen LogP contribution in [-0.4, -0.2) is 23.8 Å². The highest BCUT2D eigenvalue weighted by atomic mass is 16.5. The third-order valence-electron chi connectivity index (χ3n) is 1.67. The minimum Gasteiger partial charge on any atom is -0.494 e. The summed E-state index contributed by atoms with van der Waals surface area (Å²) < 4.78 is 5.32. The van der Waals surface area contributed by atoms with Gasteiger partial charge in [0.1, 0.15) is 5.75 Å². The lowest BCUT2D eigenvalue weighted by molar-refractivity contribution is 0.335. The number of hydrogen-bond donors (Lipinski definition) is 2. The zero-order valence-electron chi connectivity index (χ0n) is 7.60. The summed E-state index contributed by atoms with van der Waals surface area (Å²) in [5.41, 5.74) is 0.819. The first-order chi connectivity index (χ1) is 6.24. The Morgan fingerprint density at radius 2 is 2.00 bits per heavy atom. The molecule has 0 aliphatic heterocycles. The molecular weight excluding hydrogens is 167 g/mol. The van der Waals surface area contributed by atoms with Gasteiger partial charge in [-0.3, -0.25) is 0 Å². The van der Waals surface area contributed by atoms with Gasteiger partial charge in [-0.2, -0.15) is 0 Å². The van der Waals surface area contributed by atoms with Gasteiger partial charge in [0.25, 0.3) is 0 Å². The summed E-state index contributed by atoms with van der Waals surface area (Å²) in [6.45, 7) is 2.48. The van der Waals surface area contributed by atoms with Crippen molar-refractivity contribution in [3.8, 4) is 5.75 Å². The number of benzene rings is 1. The van der Waals surface area contributed by atoms with Gasteiger partial charge >= 0.3 is 7.12 Å². The van der Waals surface area contributed by atoms with Gasteiger partial charge in [0.15, 0.2) is 0 Å². The van der Waals surface area contributed by atoms with Crippen LogP contribution in [0.4, 0.5) is 0 Å². The standard InChI is InChI=1S/C9H13BO3/c1-2-13-9-6-4-3-5-8(9)7-10(11)12/h3-6,11-12H,2,7H2,1H3. The maximum Gasteiger partial charge on any atom is 0.456 e. The van der Waals surface area contributed by atoms with E-state index in [1.807, 2.05) is 31.2 Å². The van der Waals surface area contributed by atoms with Gasteiger partial charge in [0.2, 0.25) is 0 Å². The Kier molecular flexibility index (Phi) is 3.80. The van der Waals surface area contributed by atoms with Crippen molar-refractivity contribution in [2.24, 2.45) is 0 Å². The average molecular weight is 180 g/mol. The summed E-state index contributed by atoms with van der Waals surface area (Å²) in [5.74, 6) is 0.720. The molecule has 0 heterocycles. The number of hydrogen-bond acceptors (Lipinski definition) is 3. The van der Waals surface area contributed by atoms with Crippen LogP contribution in [0.5, 0.6) is 5.75 Å². The average Bonchev–Trinajstić information content (AvgIpc) is 2.08. The molecule has 0 saturated carbocycles. The summed E-state index contributed by atoms with van der Waals surface area (Å²) in [7, 11) is -1.32. The summed E-state index contributed by atoms with van der Waals surface area (Å²) in [6.07, 6.45) is 0.205. The van der Waals surface area contributed by atoms with Crippen LogP contribution in [0.15, 0.2) is 24.3 Å². The number of para-hydroxylation sites is 1. The van der Waals surface area contributed by atoms with Crippen LogP contribution in [0.3, 0.4) is 0 Å². The van der Waals surface area contributed by atoms with E-state index in [4.69, 9.17) is 14.8 Å². The molecule has 3 nitrogen and oxygen atoms in total. The molecule has 1 rings (SSSR count). The van der Waals surface area contributed by atoms with Crippen molar-refractivity contribution in [3.05, 3.63) is 29.8 Å². The zero-order chi connectivity index (χ0) is 9.68. The van der Waals surface area contributed by atoms with E-state index in [2.05, 4.69) is 0 Å². The van der Waals surface area contributed by atoms with Gasteiger partial charge in [-0.1, -0.05) is 18.2 Å². The predicted molar refractivity (Wildman–Crippen MR) is 51.5 cm³/mol. The van der Waals surface area contributed by atoms with Crippen LogP contribution in [0.25, 0.3) is 0 Å². The molecule has 4 heteroatoms. The molecule has 70 valence electrons. The molecule has 0 radical (unpaired) electrons. The molecule has 2 N–H and O–H groups in total. The van der Waals surface area contributed by atoms with Gasteiger partial charge in [0, 0.05) is 6.32 Å². The molecule has 0 aromatic heterocycles. The van der Waals surface area contributed by atoms with Crippen LogP contribution in [0.1, 0.15) is 12.5 Å². The zero-order valence-corrected chi connectivity index (χ0v) is 7.60. The Bertz CT molecular complexity index is 263. The molecule has 0 fully saturated rings. The summed E-state index contributed by atoms with van der Waals surface area (Å²) in [4.78, 5) is 0. The van der Waals surface area contributed by atoms with E-state index >= 15 is 0 Å². The lowest BCUT2D eigenvalue weighted by Crippen LogP contribution is -2.15. The van der Waals surface area contributed by atoms with Crippen LogP contribution in [0.2, 0.25) is 0 Å². The molecule has 13 heavy (non-hydrogen) atoms. The van der Waals surface area contributed by atoms with Crippen molar-refractivity contribution in [2.45, 2.75) is 13.2 Å². The highest BCUT2D eigenvalue weighted by molar-refractivity contribution is 6.40. The number of ether oxygens (including phenoxy) is 1. The van der Waals surface area contributed by atoms with E-state index in [0.717, 1.165) is 11.3 Å². The van der Waals surface area contributed by atoms with Crippen molar-refractivity contribution in [2.75, 3.05) is 6.61 Å². The molecule has 0 amide bonds. The maximum atomic E-state index is 8.80. The quantitative estimate of drug-likeness (QED) is 0.668. The molecule has 0 saturated heterocycles. The molecule has 0 spiro atoms. The molecule has 0 bridgehead atoms. The predicted octanol–water partition coefficient (Wildman–Crippen LogP) is 0.640. The Labute approximate surface area is 78.1 Å². The fourth-order valence-corrected chi connectivity index (χ4v) is 1.17. The molecule has 0 unspecified atom stereocenters. The van der Waals surface area contributed by atoms with E-state index in [9.17, 15) is 0 Å². The van der Waals surface area contributed by atoms with Crippen LogP contribution >= 0.6 is 0 Å². The van der Waals surface area contributed by atoms with Crippen molar-refractivity contribution in [1.29, 1.82) is 0 Å². The van der Waals surface area contributed by atoms with Gasteiger partial charge in [-0.05, 0) is 18.6 Å². The van der Waals surface area contributed by atoms with E-state index < -0.39 is 7.12 Å². The Morgan fingerprint density at radius 3 is 2.62 bits per heavy atom. The Morgan fingerprint density at radius 1 is 1.31 bits per heavy atom. The molecule has 0 atom stereocenters. The van der Waals surface area contributed by atoms with E-state index in [-0.39, 0.29) is 6.32 Å². The Hall–Kier alpha value is -0.995. The minimum absolute atomic E-state index is 0.205. The summed E-state index contributed by atoms with van der Waals surface area (Å²) in [5, 5.41) is 17.6.